The van der Waals surface area contributed by atoms with Crippen molar-refractivity contribution in [3.8, 4) is 5.75 Å². The number of nitrogens with one attached hydrogen (secondary N) is 1. The lowest BCUT2D eigenvalue weighted by Crippen LogP contribution is -2.17. The van der Waals surface area contributed by atoms with E-state index in [2.05, 4.69) is 10.5 Å². The number of ether oxygens (including phenoxy) is 1. The normalized spacial score (nSPS) is 10.7. The zero-order valence-electron chi connectivity index (χ0n) is 12.6. The van der Waals surface area contributed by atoms with Gasteiger partial charge in [-0.15, -0.1) is 0 Å². The molecule has 23 heavy (non-hydrogen) atoms. The molecule has 0 spiro atoms. The molecule has 2 aromatic carbocycles. The minimum atomic E-state index is -0.318. The van der Waals surface area contributed by atoms with Gasteiger partial charge in [-0.05, 0) is 36.8 Å². The average molecular weight is 351 g/mol. The maximum Gasteiger partial charge on any atom is 0.271 e. The molecule has 4 nitrogen and oxygen atoms in total. The van der Waals surface area contributed by atoms with Crippen LogP contribution in [-0.2, 0) is 0 Å². The number of benzene rings is 2. The van der Waals surface area contributed by atoms with E-state index in [9.17, 15) is 4.79 Å². The number of halogens is 2. The molecule has 1 amide bonds. The lowest BCUT2D eigenvalue weighted by atomic mass is 10.2. The molecule has 1 N–H and O–H groups in total. The summed E-state index contributed by atoms with van der Waals surface area (Å²) >= 11 is 11.9. The summed E-state index contributed by atoms with van der Waals surface area (Å²) in [6.45, 7) is 2.68. The Balaban J connectivity index is 1.96. The fourth-order valence-corrected chi connectivity index (χ4v) is 2.12. The first-order valence-corrected chi connectivity index (χ1v) is 7.87. The van der Waals surface area contributed by atoms with Crippen LogP contribution in [0.5, 0.6) is 5.75 Å². The van der Waals surface area contributed by atoms with Crippen LogP contribution in [0.1, 0.15) is 29.3 Å². The molecule has 0 aliphatic carbocycles. The van der Waals surface area contributed by atoms with Gasteiger partial charge in [0, 0.05) is 11.1 Å². The summed E-state index contributed by atoms with van der Waals surface area (Å²) in [6, 6.07) is 12.1. The minimum Gasteiger partial charge on any atom is -0.494 e. The third kappa shape index (κ3) is 4.98. The second-order valence-electron chi connectivity index (χ2n) is 4.72. The molecule has 0 unspecified atom stereocenters. The van der Waals surface area contributed by atoms with Crippen LogP contribution in [0.2, 0.25) is 10.0 Å². The van der Waals surface area contributed by atoms with Crippen LogP contribution < -0.4 is 10.2 Å². The quantitative estimate of drug-likeness (QED) is 0.613. The molecule has 0 atom stereocenters. The van der Waals surface area contributed by atoms with Crippen LogP contribution in [0.15, 0.2) is 47.6 Å². The lowest BCUT2D eigenvalue weighted by molar-refractivity contribution is 0.0955. The molecule has 2 aromatic rings. The van der Waals surface area contributed by atoms with E-state index in [0.29, 0.717) is 27.8 Å². The van der Waals surface area contributed by atoms with E-state index in [0.717, 1.165) is 12.2 Å². The first-order chi connectivity index (χ1) is 11.1. The Kier molecular flexibility index (Phi) is 6.44. The zero-order chi connectivity index (χ0) is 16.7. The molecular weight excluding hydrogens is 335 g/mol. The average Bonchev–Trinajstić information content (AvgIpc) is 2.57. The summed E-state index contributed by atoms with van der Waals surface area (Å²) in [4.78, 5) is 12.0. The van der Waals surface area contributed by atoms with Gasteiger partial charge in [0.25, 0.3) is 5.91 Å². The van der Waals surface area contributed by atoms with Crippen LogP contribution in [0.25, 0.3) is 0 Å². The van der Waals surface area contributed by atoms with Gasteiger partial charge in [-0.25, -0.2) is 5.43 Å². The Bertz CT molecular complexity index is 700. The number of hydrogen-bond donors (Lipinski definition) is 1. The predicted octanol–water partition coefficient (Wildman–Crippen LogP) is 4.55. The highest BCUT2D eigenvalue weighted by atomic mass is 35.5. The summed E-state index contributed by atoms with van der Waals surface area (Å²) in [5.41, 5.74) is 3.56. The number of carbonyl (C=O) groups is 1. The molecular formula is C17H16Cl2N2O2. The smallest absolute Gasteiger partial charge is 0.271 e. The molecule has 0 aliphatic heterocycles. The lowest BCUT2D eigenvalue weighted by Gasteiger charge is -2.05. The van der Waals surface area contributed by atoms with Gasteiger partial charge in [0.2, 0.25) is 0 Å². The van der Waals surface area contributed by atoms with Crippen LogP contribution in [-0.4, -0.2) is 18.7 Å². The molecule has 0 saturated carbocycles. The largest absolute Gasteiger partial charge is 0.494 e. The van der Waals surface area contributed by atoms with E-state index < -0.39 is 0 Å². The van der Waals surface area contributed by atoms with Crippen LogP contribution >= 0.6 is 23.2 Å². The standard InChI is InChI=1S/C17H16Cl2N2O2/c1-2-10-23-14-8-6-12(7-9-14)17(22)21-20-11-13-4-3-5-15(18)16(13)19/h3-9,11H,2,10H2,1H3,(H,21,22)/b20-11+. The molecule has 0 aromatic heterocycles. The number of hydrazone groups is 1. The van der Waals surface area contributed by atoms with E-state index in [4.69, 9.17) is 27.9 Å². The fourth-order valence-electron chi connectivity index (χ4n) is 1.77. The zero-order valence-corrected chi connectivity index (χ0v) is 14.1. The summed E-state index contributed by atoms with van der Waals surface area (Å²) in [6.07, 6.45) is 2.38. The summed E-state index contributed by atoms with van der Waals surface area (Å²) in [7, 11) is 0. The molecule has 2 rings (SSSR count). The monoisotopic (exact) mass is 350 g/mol. The van der Waals surface area contributed by atoms with Gasteiger partial charge >= 0.3 is 0 Å². The van der Waals surface area contributed by atoms with E-state index in [1.54, 1.807) is 42.5 Å². The fraction of sp³-hybridized carbons (Fsp3) is 0.176. The second kappa shape index (κ2) is 8.56. The number of carbonyl (C=O) groups excluding carboxylic acids is 1. The summed E-state index contributed by atoms with van der Waals surface area (Å²) in [5, 5.41) is 4.72. The van der Waals surface area contributed by atoms with Crippen molar-refractivity contribution in [3.05, 3.63) is 63.6 Å². The number of rotatable bonds is 6. The Morgan fingerprint density at radius 2 is 1.96 bits per heavy atom. The van der Waals surface area contributed by atoms with Crippen molar-refractivity contribution in [2.24, 2.45) is 5.10 Å². The molecule has 0 saturated heterocycles. The van der Waals surface area contributed by atoms with Gasteiger partial charge in [-0.3, -0.25) is 4.79 Å². The molecule has 6 heteroatoms. The van der Waals surface area contributed by atoms with Crippen molar-refractivity contribution in [3.63, 3.8) is 0 Å². The second-order valence-corrected chi connectivity index (χ2v) is 5.50. The van der Waals surface area contributed by atoms with E-state index in [1.807, 2.05) is 6.92 Å². The van der Waals surface area contributed by atoms with E-state index in [1.165, 1.54) is 6.21 Å². The Labute approximate surface area is 145 Å². The van der Waals surface area contributed by atoms with Gasteiger partial charge in [0.05, 0.1) is 22.9 Å². The molecule has 120 valence electrons. The highest BCUT2D eigenvalue weighted by Crippen LogP contribution is 2.24. The SMILES string of the molecule is CCCOc1ccc(C(=O)N/N=C/c2cccc(Cl)c2Cl)cc1. The Morgan fingerprint density at radius 3 is 2.65 bits per heavy atom. The van der Waals surface area contributed by atoms with Gasteiger partial charge < -0.3 is 4.74 Å². The third-order valence-corrected chi connectivity index (χ3v) is 3.77. The van der Waals surface area contributed by atoms with Gasteiger partial charge in [0.15, 0.2) is 0 Å². The maximum absolute atomic E-state index is 12.0. The first-order valence-electron chi connectivity index (χ1n) is 7.12. The van der Waals surface area contributed by atoms with Crippen molar-refractivity contribution in [2.75, 3.05) is 6.61 Å². The highest BCUT2D eigenvalue weighted by Gasteiger charge is 2.05. The van der Waals surface area contributed by atoms with Crippen molar-refractivity contribution >= 4 is 35.3 Å². The highest BCUT2D eigenvalue weighted by molar-refractivity contribution is 6.43. The first kappa shape index (κ1) is 17.3. The minimum absolute atomic E-state index is 0.318. The number of nitrogens with zero attached hydrogens (tertiary/aromatic N) is 1. The topological polar surface area (TPSA) is 50.7 Å². The maximum atomic E-state index is 12.0. The number of amides is 1. The van der Waals surface area contributed by atoms with Crippen molar-refractivity contribution in [2.45, 2.75) is 13.3 Å². The molecule has 0 radical (unpaired) electrons. The Morgan fingerprint density at radius 1 is 1.22 bits per heavy atom. The molecule has 0 bridgehead atoms. The van der Waals surface area contributed by atoms with Gasteiger partial charge in [-0.2, -0.15) is 5.10 Å². The van der Waals surface area contributed by atoms with Crippen molar-refractivity contribution < 1.29 is 9.53 Å². The van der Waals surface area contributed by atoms with Crippen LogP contribution in [0, 0.1) is 0 Å². The van der Waals surface area contributed by atoms with Crippen molar-refractivity contribution in [1.82, 2.24) is 5.43 Å². The molecule has 0 heterocycles. The van der Waals surface area contributed by atoms with Crippen LogP contribution in [0.4, 0.5) is 0 Å². The summed E-state index contributed by atoms with van der Waals surface area (Å²) < 4.78 is 5.46. The molecule has 0 fully saturated rings. The van der Waals surface area contributed by atoms with Gasteiger partial charge in [-0.1, -0.05) is 42.3 Å². The van der Waals surface area contributed by atoms with Crippen molar-refractivity contribution in [1.29, 1.82) is 0 Å². The predicted molar refractivity (Wildman–Crippen MR) is 93.8 cm³/mol. The van der Waals surface area contributed by atoms with E-state index >= 15 is 0 Å². The summed E-state index contributed by atoms with van der Waals surface area (Å²) in [5.74, 6) is 0.416. The van der Waals surface area contributed by atoms with Gasteiger partial charge in [0.1, 0.15) is 5.75 Å². The number of hydrogen-bond acceptors (Lipinski definition) is 3. The van der Waals surface area contributed by atoms with Crippen LogP contribution in [0.3, 0.4) is 0 Å². The van der Waals surface area contributed by atoms with E-state index in [-0.39, 0.29) is 5.91 Å². The Hall–Kier alpha value is -2.04. The third-order valence-electron chi connectivity index (χ3n) is 2.94. The molecule has 0 aliphatic rings.